The first-order valence-electron chi connectivity index (χ1n) is 7.15. The lowest BCUT2D eigenvalue weighted by atomic mass is 9.92. The lowest BCUT2D eigenvalue weighted by Gasteiger charge is -2.22. The van der Waals surface area contributed by atoms with Crippen molar-refractivity contribution in [2.24, 2.45) is 0 Å². The van der Waals surface area contributed by atoms with Gasteiger partial charge in [0.1, 0.15) is 11.4 Å². The van der Waals surface area contributed by atoms with E-state index in [0.29, 0.717) is 15.1 Å². The Bertz CT molecular complexity index is 828. The average Bonchev–Trinajstić information content (AvgIpc) is 2.74. The summed E-state index contributed by atoms with van der Waals surface area (Å²) in [6, 6.07) is 10.6. The highest BCUT2D eigenvalue weighted by Crippen LogP contribution is 2.31. The third-order valence-corrected chi connectivity index (χ3v) is 4.79. The molecule has 1 aliphatic rings. The Kier molecular flexibility index (Phi) is 4.36. The molecule has 1 atom stereocenters. The molecule has 4 nitrogen and oxygen atoms in total. The summed E-state index contributed by atoms with van der Waals surface area (Å²) in [6.45, 7) is 1.49. The summed E-state index contributed by atoms with van der Waals surface area (Å²) in [5.41, 5.74) is -0.320. The van der Waals surface area contributed by atoms with Gasteiger partial charge in [0.2, 0.25) is 0 Å². The molecule has 0 spiro atoms. The lowest BCUT2D eigenvalue weighted by Crippen LogP contribution is -2.40. The second-order valence-corrected chi connectivity index (χ2v) is 7.04. The Morgan fingerprint density at radius 1 is 1.21 bits per heavy atom. The molecular formula is C17H13BrClFN2O2. The Labute approximate surface area is 151 Å². The molecule has 1 heterocycles. The summed E-state index contributed by atoms with van der Waals surface area (Å²) in [5, 5.41) is 3.21. The van der Waals surface area contributed by atoms with Gasteiger partial charge in [-0.3, -0.25) is 9.69 Å². The van der Waals surface area contributed by atoms with Crippen LogP contribution in [-0.2, 0) is 16.9 Å². The molecule has 24 heavy (non-hydrogen) atoms. The molecule has 0 saturated carbocycles. The van der Waals surface area contributed by atoms with Crippen molar-refractivity contribution in [3.05, 3.63) is 68.9 Å². The third kappa shape index (κ3) is 2.91. The molecule has 1 unspecified atom stereocenters. The van der Waals surface area contributed by atoms with E-state index in [0.717, 1.165) is 4.90 Å². The van der Waals surface area contributed by atoms with Crippen molar-refractivity contribution in [2.75, 3.05) is 0 Å². The molecule has 3 amide bonds. The van der Waals surface area contributed by atoms with Crippen molar-refractivity contribution in [1.82, 2.24) is 10.2 Å². The average molecular weight is 412 g/mol. The van der Waals surface area contributed by atoms with E-state index >= 15 is 0 Å². The molecule has 0 aromatic heterocycles. The van der Waals surface area contributed by atoms with Gasteiger partial charge in [0.05, 0.1) is 6.54 Å². The second kappa shape index (κ2) is 6.18. The van der Waals surface area contributed by atoms with Crippen LogP contribution in [0.5, 0.6) is 0 Å². The molecule has 1 saturated heterocycles. The number of amides is 3. The monoisotopic (exact) mass is 410 g/mol. The van der Waals surface area contributed by atoms with Crippen LogP contribution in [0.4, 0.5) is 9.18 Å². The van der Waals surface area contributed by atoms with Gasteiger partial charge < -0.3 is 5.32 Å². The van der Waals surface area contributed by atoms with Crippen molar-refractivity contribution in [3.63, 3.8) is 0 Å². The Morgan fingerprint density at radius 2 is 1.88 bits per heavy atom. The standard InChI is InChI=1S/C17H13BrClFN2O2/c1-17(11-3-6-13(19)7-4-11)15(23)22(16(24)21-17)9-10-2-5-12(18)8-14(10)20/h2-8H,9H2,1H3,(H,21,24). The molecule has 3 rings (SSSR count). The third-order valence-electron chi connectivity index (χ3n) is 4.04. The van der Waals surface area contributed by atoms with Gasteiger partial charge in [-0.25, -0.2) is 9.18 Å². The lowest BCUT2D eigenvalue weighted by molar-refractivity contribution is -0.131. The highest BCUT2D eigenvalue weighted by molar-refractivity contribution is 9.10. The van der Waals surface area contributed by atoms with E-state index in [4.69, 9.17) is 11.6 Å². The predicted molar refractivity (Wildman–Crippen MR) is 92.0 cm³/mol. The number of benzene rings is 2. The fourth-order valence-electron chi connectivity index (χ4n) is 2.64. The van der Waals surface area contributed by atoms with Crippen LogP contribution in [-0.4, -0.2) is 16.8 Å². The smallest absolute Gasteiger partial charge is 0.319 e. The van der Waals surface area contributed by atoms with Gasteiger partial charge in [0, 0.05) is 15.1 Å². The first kappa shape index (κ1) is 16.9. The summed E-state index contributed by atoms with van der Waals surface area (Å²) in [7, 11) is 0. The largest absolute Gasteiger partial charge is 0.325 e. The van der Waals surface area contributed by atoms with E-state index < -0.39 is 23.3 Å². The highest BCUT2D eigenvalue weighted by Gasteiger charge is 2.49. The van der Waals surface area contributed by atoms with Crippen LogP contribution in [0.1, 0.15) is 18.1 Å². The Hall–Kier alpha value is -1.92. The van der Waals surface area contributed by atoms with Crippen molar-refractivity contribution in [1.29, 1.82) is 0 Å². The number of hydrogen-bond acceptors (Lipinski definition) is 2. The number of nitrogens with zero attached hydrogens (tertiary/aromatic N) is 1. The van der Waals surface area contributed by atoms with Gasteiger partial charge in [-0.1, -0.05) is 45.7 Å². The van der Waals surface area contributed by atoms with Gasteiger partial charge in [-0.15, -0.1) is 0 Å². The van der Waals surface area contributed by atoms with E-state index in [2.05, 4.69) is 21.2 Å². The van der Waals surface area contributed by atoms with Gasteiger partial charge in [-0.05, 0) is 36.8 Å². The quantitative estimate of drug-likeness (QED) is 0.769. The number of rotatable bonds is 3. The van der Waals surface area contributed by atoms with Gasteiger partial charge in [0.15, 0.2) is 0 Å². The number of imide groups is 1. The van der Waals surface area contributed by atoms with Crippen LogP contribution in [0.25, 0.3) is 0 Å². The van der Waals surface area contributed by atoms with E-state index in [9.17, 15) is 14.0 Å². The van der Waals surface area contributed by atoms with Crippen LogP contribution in [0.2, 0.25) is 5.02 Å². The zero-order valence-electron chi connectivity index (χ0n) is 12.6. The summed E-state index contributed by atoms with van der Waals surface area (Å²) in [6.07, 6.45) is 0. The summed E-state index contributed by atoms with van der Waals surface area (Å²) in [4.78, 5) is 26.1. The second-order valence-electron chi connectivity index (χ2n) is 5.69. The minimum Gasteiger partial charge on any atom is -0.319 e. The van der Waals surface area contributed by atoms with Crippen molar-refractivity contribution in [3.8, 4) is 0 Å². The van der Waals surface area contributed by atoms with E-state index in [-0.39, 0.29) is 12.1 Å². The zero-order valence-corrected chi connectivity index (χ0v) is 15.0. The van der Waals surface area contributed by atoms with Crippen molar-refractivity contribution < 1.29 is 14.0 Å². The summed E-state index contributed by atoms with van der Waals surface area (Å²) in [5.74, 6) is -0.915. The van der Waals surface area contributed by atoms with E-state index in [1.165, 1.54) is 12.1 Å². The minimum atomic E-state index is -1.20. The molecule has 7 heteroatoms. The fourth-order valence-corrected chi connectivity index (χ4v) is 3.10. The molecule has 1 aliphatic heterocycles. The van der Waals surface area contributed by atoms with Crippen LogP contribution in [0.3, 0.4) is 0 Å². The molecule has 0 bridgehead atoms. The van der Waals surface area contributed by atoms with Gasteiger partial charge in [0.25, 0.3) is 5.91 Å². The molecular weight excluding hydrogens is 399 g/mol. The maximum absolute atomic E-state index is 14.0. The molecule has 0 aliphatic carbocycles. The minimum absolute atomic E-state index is 0.132. The van der Waals surface area contributed by atoms with E-state index in [1.54, 1.807) is 37.3 Å². The first-order valence-corrected chi connectivity index (χ1v) is 8.32. The van der Waals surface area contributed by atoms with E-state index in [1.807, 2.05) is 0 Å². The topological polar surface area (TPSA) is 49.4 Å². The summed E-state index contributed by atoms with van der Waals surface area (Å²) < 4.78 is 14.6. The van der Waals surface area contributed by atoms with Gasteiger partial charge >= 0.3 is 6.03 Å². The summed E-state index contributed by atoms with van der Waals surface area (Å²) >= 11 is 9.04. The highest BCUT2D eigenvalue weighted by atomic mass is 79.9. The number of carbonyl (C=O) groups excluding carboxylic acids is 2. The van der Waals surface area contributed by atoms with Crippen LogP contribution < -0.4 is 5.32 Å². The maximum atomic E-state index is 14.0. The molecule has 1 N–H and O–H groups in total. The molecule has 0 radical (unpaired) electrons. The normalized spacial score (nSPS) is 20.4. The molecule has 2 aromatic rings. The number of carbonyl (C=O) groups is 2. The number of urea groups is 1. The van der Waals surface area contributed by atoms with Crippen LogP contribution in [0, 0.1) is 5.82 Å². The maximum Gasteiger partial charge on any atom is 0.325 e. The van der Waals surface area contributed by atoms with Crippen LogP contribution in [0.15, 0.2) is 46.9 Å². The van der Waals surface area contributed by atoms with Gasteiger partial charge in [-0.2, -0.15) is 0 Å². The SMILES string of the molecule is CC1(c2ccc(Cl)cc2)NC(=O)N(Cc2ccc(Br)cc2F)C1=O. The number of halogens is 3. The fraction of sp³-hybridized carbons (Fsp3) is 0.176. The molecule has 2 aromatic carbocycles. The van der Waals surface area contributed by atoms with Crippen molar-refractivity contribution in [2.45, 2.75) is 19.0 Å². The first-order chi connectivity index (χ1) is 11.3. The number of nitrogens with one attached hydrogen (secondary N) is 1. The van der Waals surface area contributed by atoms with Crippen molar-refractivity contribution >= 4 is 39.5 Å². The zero-order chi connectivity index (χ0) is 17.5. The Balaban J connectivity index is 1.90. The Morgan fingerprint density at radius 3 is 2.50 bits per heavy atom. The van der Waals surface area contributed by atoms with Crippen LogP contribution >= 0.6 is 27.5 Å². The molecule has 1 fully saturated rings. The number of hydrogen-bond donors (Lipinski definition) is 1. The molecule has 124 valence electrons. The predicted octanol–water partition coefficient (Wildman–Crippen LogP) is 4.21.